The van der Waals surface area contributed by atoms with E-state index in [4.69, 9.17) is 22.1 Å². The van der Waals surface area contributed by atoms with E-state index in [0.717, 1.165) is 66.4 Å². The van der Waals surface area contributed by atoms with E-state index in [1.807, 2.05) is 49.2 Å². The van der Waals surface area contributed by atoms with Crippen LogP contribution in [-0.2, 0) is 13.5 Å². The molecule has 1 aliphatic heterocycles. The number of hydrogen-bond acceptors (Lipinski definition) is 7. The van der Waals surface area contributed by atoms with Gasteiger partial charge in [0.2, 0.25) is 0 Å². The Morgan fingerprint density at radius 2 is 2.06 bits per heavy atom. The number of unbranched alkanes of at least 4 members (excludes halogenated alkanes) is 2. The highest BCUT2D eigenvalue weighted by molar-refractivity contribution is 6.29. The van der Waals surface area contributed by atoms with Crippen LogP contribution in [0.2, 0.25) is 5.15 Å². The fourth-order valence-corrected chi connectivity index (χ4v) is 5.34. The van der Waals surface area contributed by atoms with Crippen LogP contribution in [0.25, 0.3) is 16.8 Å². The van der Waals surface area contributed by atoms with Crippen LogP contribution in [-0.4, -0.2) is 60.0 Å². The van der Waals surface area contributed by atoms with Crippen molar-refractivity contribution in [2.75, 3.05) is 25.4 Å². The van der Waals surface area contributed by atoms with Gasteiger partial charge < -0.3 is 10.5 Å². The van der Waals surface area contributed by atoms with E-state index in [9.17, 15) is 0 Å². The summed E-state index contributed by atoms with van der Waals surface area (Å²) < 4.78 is 9.99. The third kappa shape index (κ3) is 5.63. The molecular weight excluding hydrogens is 476 g/mol. The zero-order valence-electron chi connectivity index (χ0n) is 20.9. The average Bonchev–Trinajstić information content (AvgIpc) is 3.53. The van der Waals surface area contributed by atoms with Crippen LogP contribution in [0.3, 0.4) is 0 Å². The molecule has 1 aliphatic rings. The number of anilines is 1. The van der Waals surface area contributed by atoms with Crippen LogP contribution in [0.15, 0.2) is 36.7 Å². The lowest BCUT2D eigenvalue weighted by atomic mass is 10.1. The first kappa shape index (κ1) is 24.5. The number of ether oxygens (including phenoxy) is 1. The van der Waals surface area contributed by atoms with E-state index in [0.29, 0.717) is 23.6 Å². The van der Waals surface area contributed by atoms with Gasteiger partial charge in [-0.1, -0.05) is 18.0 Å². The summed E-state index contributed by atoms with van der Waals surface area (Å²) in [6.07, 6.45) is 10.5. The van der Waals surface area contributed by atoms with Crippen LogP contribution < -0.4 is 10.5 Å². The van der Waals surface area contributed by atoms with E-state index in [1.165, 1.54) is 19.3 Å². The van der Waals surface area contributed by atoms with E-state index >= 15 is 0 Å². The molecule has 4 aromatic rings. The highest BCUT2D eigenvalue weighted by atomic mass is 35.5. The van der Waals surface area contributed by atoms with Crippen molar-refractivity contribution in [3.05, 3.63) is 53.3 Å². The molecule has 0 saturated carbocycles. The first-order valence-corrected chi connectivity index (χ1v) is 13.0. The van der Waals surface area contributed by atoms with Gasteiger partial charge in [0, 0.05) is 36.6 Å². The van der Waals surface area contributed by atoms with Crippen molar-refractivity contribution >= 4 is 22.9 Å². The number of nitrogen functional groups attached to an aromatic ring is 1. The molecule has 0 bridgehead atoms. The number of aromatic nitrogens is 6. The maximum Gasteiger partial charge on any atom is 0.165 e. The van der Waals surface area contributed by atoms with E-state index in [1.54, 1.807) is 4.52 Å². The van der Waals surface area contributed by atoms with Crippen molar-refractivity contribution in [3.8, 4) is 17.0 Å². The van der Waals surface area contributed by atoms with Gasteiger partial charge in [0.1, 0.15) is 29.1 Å². The number of nitrogens with two attached hydrogens (primary N) is 1. The topological polar surface area (TPSA) is 99.4 Å². The molecule has 0 radical (unpaired) electrons. The van der Waals surface area contributed by atoms with Gasteiger partial charge in [-0.2, -0.15) is 10.2 Å². The van der Waals surface area contributed by atoms with Gasteiger partial charge in [-0.15, -0.1) is 0 Å². The Kier molecular flexibility index (Phi) is 7.38. The van der Waals surface area contributed by atoms with E-state index < -0.39 is 0 Å². The first-order valence-electron chi connectivity index (χ1n) is 12.6. The van der Waals surface area contributed by atoms with Crippen molar-refractivity contribution in [2.24, 2.45) is 7.05 Å². The molecule has 1 fully saturated rings. The number of rotatable bonds is 10. The predicted molar refractivity (Wildman–Crippen MR) is 141 cm³/mol. The molecule has 1 atom stereocenters. The normalized spacial score (nSPS) is 16.2. The van der Waals surface area contributed by atoms with Crippen molar-refractivity contribution in [1.29, 1.82) is 0 Å². The molecule has 4 aromatic heterocycles. The minimum atomic E-state index is 0.429. The third-order valence-corrected chi connectivity index (χ3v) is 7.02. The number of halogens is 1. The SMILES string of the molecule is Cc1nc(Cl)cc(CCCCCN2CCC[C@@H]2COc2cnn(C)c2-c2ccn3nc(N)cc3c2)n1. The van der Waals surface area contributed by atoms with Crippen LogP contribution in [0.1, 0.15) is 43.6 Å². The van der Waals surface area contributed by atoms with Gasteiger partial charge in [-0.3, -0.25) is 9.58 Å². The lowest BCUT2D eigenvalue weighted by Crippen LogP contribution is -2.35. The highest BCUT2D eigenvalue weighted by Crippen LogP contribution is 2.31. The summed E-state index contributed by atoms with van der Waals surface area (Å²) in [6, 6.07) is 8.24. The summed E-state index contributed by atoms with van der Waals surface area (Å²) in [5.41, 5.74) is 9.81. The second-order valence-electron chi connectivity index (χ2n) is 9.52. The molecule has 36 heavy (non-hydrogen) atoms. The lowest BCUT2D eigenvalue weighted by Gasteiger charge is -2.24. The Morgan fingerprint density at radius 1 is 1.17 bits per heavy atom. The van der Waals surface area contributed by atoms with Crippen molar-refractivity contribution in [2.45, 2.75) is 51.5 Å². The predicted octanol–water partition coefficient (Wildman–Crippen LogP) is 4.33. The summed E-state index contributed by atoms with van der Waals surface area (Å²) in [6.45, 7) is 4.78. The Balaban J connectivity index is 1.14. The van der Waals surface area contributed by atoms with Gasteiger partial charge in [0.05, 0.1) is 11.7 Å². The quantitative estimate of drug-likeness (QED) is 0.251. The molecule has 2 N–H and O–H groups in total. The Hall–Kier alpha value is -3.17. The number of pyridine rings is 1. The van der Waals surface area contributed by atoms with Gasteiger partial charge in [0.15, 0.2) is 5.75 Å². The first-order chi connectivity index (χ1) is 17.5. The fraction of sp³-hybridized carbons (Fsp3) is 0.462. The Bertz CT molecular complexity index is 1310. The zero-order valence-corrected chi connectivity index (χ0v) is 21.7. The van der Waals surface area contributed by atoms with Gasteiger partial charge >= 0.3 is 0 Å². The second kappa shape index (κ2) is 10.8. The molecule has 0 aliphatic carbocycles. The summed E-state index contributed by atoms with van der Waals surface area (Å²) in [5, 5.41) is 9.25. The van der Waals surface area contributed by atoms with Crippen LogP contribution in [0.4, 0.5) is 5.82 Å². The molecule has 10 heteroatoms. The monoisotopic (exact) mass is 508 g/mol. The molecule has 0 unspecified atom stereocenters. The van der Waals surface area contributed by atoms with Crippen molar-refractivity contribution < 1.29 is 4.74 Å². The molecule has 1 saturated heterocycles. The van der Waals surface area contributed by atoms with Crippen LogP contribution >= 0.6 is 11.6 Å². The summed E-state index contributed by atoms with van der Waals surface area (Å²) in [7, 11) is 1.94. The molecule has 0 amide bonds. The lowest BCUT2D eigenvalue weighted by molar-refractivity contribution is 0.171. The molecule has 0 spiro atoms. The molecule has 0 aromatic carbocycles. The molecule has 190 valence electrons. The minimum Gasteiger partial charge on any atom is -0.488 e. The molecule has 9 nitrogen and oxygen atoms in total. The number of likely N-dealkylation sites (tertiary alicyclic amines) is 1. The maximum absolute atomic E-state index is 6.35. The van der Waals surface area contributed by atoms with Gasteiger partial charge in [-0.25, -0.2) is 14.5 Å². The summed E-state index contributed by atoms with van der Waals surface area (Å²) in [5.74, 6) is 2.05. The van der Waals surface area contributed by atoms with Crippen LogP contribution in [0, 0.1) is 6.92 Å². The number of hydrogen-bond donors (Lipinski definition) is 1. The average molecular weight is 509 g/mol. The zero-order chi connectivity index (χ0) is 25.1. The van der Waals surface area contributed by atoms with Gasteiger partial charge in [0.25, 0.3) is 0 Å². The maximum atomic E-state index is 6.35. The fourth-order valence-electron chi connectivity index (χ4n) is 5.09. The number of aryl methyl sites for hydroxylation is 3. The van der Waals surface area contributed by atoms with Gasteiger partial charge in [-0.05, 0) is 70.3 Å². The van der Waals surface area contributed by atoms with Crippen molar-refractivity contribution in [3.63, 3.8) is 0 Å². The minimum absolute atomic E-state index is 0.429. The Morgan fingerprint density at radius 3 is 2.92 bits per heavy atom. The van der Waals surface area contributed by atoms with E-state index in [-0.39, 0.29) is 0 Å². The smallest absolute Gasteiger partial charge is 0.165 e. The van der Waals surface area contributed by atoms with E-state index in [2.05, 4.69) is 31.1 Å². The number of fused-ring (bicyclic) bond motifs is 1. The summed E-state index contributed by atoms with van der Waals surface area (Å²) in [4.78, 5) is 11.2. The summed E-state index contributed by atoms with van der Waals surface area (Å²) >= 11 is 6.05. The molecule has 5 heterocycles. The standard InChI is InChI=1S/C26H33ClN8O/c1-18-30-20(14-24(27)31-18)7-4-3-5-10-34-11-6-8-21(34)17-36-23-16-29-33(2)26(23)19-9-12-35-22(13-19)15-25(28)32-35/h9,12-16,21H,3-8,10-11,17H2,1-2H3,(H2,28,32)/t21-/m1/s1. The number of nitrogens with zero attached hydrogens (tertiary/aromatic N) is 7. The molecular formula is C26H33ClN8O. The molecule has 5 rings (SSSR count). The third-order valence-electron chi connectivity index (χ3n) is 6.83. The highest BCUT2D eigenvalue weighted by Gasteiger charge is 2.25. The Labute approximate surface area is 216 Å². The van der Waals surface area contributed by atoms with Crippen LogP contribution in [0.5, 0.6) is 5.75 Å². The van der Waals surface area contributed by atoms with Crippen molar-refractivity contribution in [1.82, 2.24) is 34.3 Å². The largest absolute Gasteiger partial charge is 0.488 e. The second-order valence-corrected chi connectivity index (χ2v) is 9.91.